The maximum absolute atomic E-state index is 13.3. The summed E-state index contributed by atoms with van der Waals surface area (Å²) in [5.74, 6) is -0.219. The van der Waals surface area contributed by atoms with E-state index in [2.05, 4.69) is 13.2 Å². The number of halogens is 1. The molecule has 1 heterocycles. The lowest BCUT2D eigenvalue weighted by Crippen LogP contribution is -2.36. The lowest BCUT2D eigenvalue weighted by Gasteiger charge is -2.24. The van der Waals surface area contributed by atoms with Gasteiger partial charge in [-0.3, -0.25) is 0 Å². The highest BCUT2D eigenvalue weighted by atomic mass is 19.1. The van der Waals surface area contributed by atoms with Crippen LogP contribution in [0.2, 0.25) is 0 Å². The SMILES string of the molecule is C=C(F)/C=C(/OC1CN(C(=O)OC(C)(C)C)CC1OC)C(=C)C(C)C. The van der Waals surface area contributed by atoms with Crippen LogP contribution in [0.4, 0.5) is 9.18 Å². The minimum absolute atomic E-state index is 0.0787. The van der Waals surface area contributed by atoms with Gasteiger partial charge in [0.25, 0.3) is 0 Å². The molecule has 0 bridgehead atoms. The predicted octanol–water partition coefficient (Wildman–Crippen LogP) is 4.22. The molecule has 1 fully saturated rings. The van der Waals surface area contributed by atoms with Gasteiger partial charge in [-0.25, -0.2) is 9.18 Å². The zero-order valence-corrected chi connectivity index (χ0v) is 16.1. The third kappa shape index (κ3) is 6.53. The van der Waals surface area contributed by atoms with Gasteiger partial charge in [-0.15, -0.1) is 0 Å². The monoisotopic (exact) mass is 355 g/mol. The van der Waals surface area contributed by atoms with Gasteiger partial charge in [0.05, 0.1) is 13.1 Å². The Morgan fingerprint density at radius 1 is 1.24 bits per heavy atom. The van der Waals surface area contributed by atoms with Gasteiger partial charge in [0.2, 0.25) is 0 Å². The maximum Gasteiger partial charge on any atom is 0.410 e. The highest BCUT2D eigenvalue weighted by Crippen LogP contribution is 2.27. The van der Waals surface area contributed by atoms with Crippen molar-refractivity contribution in [3.05, 3.63) is 36.4 Å². The fourth-order valence-corrected chi connectivity index (χ4v) is 2.35. The molecule has 25 heavy (non-hydrogen) atoms. The van der Waals surface area contributed by atoms with Gasteiger partial charge in [-0.05, 0) is 32.3 Å². The van der Waals surface area contributed by atoms with Crippen LogP contribution in [0.3, 0.4) is 0 Å². The molecule has 2 unspecified atom stereocenters. The number of likely N-dealkylation sites (tertiary alicyclic amines) is 1. The maximum atomic E-state index is 13.3. The molecule has 1 amide bonds. The molecule has 0 saturated carbocycles. The van der Waals surface area contributed by atoms with Gasteiger partial charge in [-0.2, -0.15) is 0 Å². The van der Waals surface area contributed by atoms with Crippen molar-refractivity contribution in [2.75, 3.05) is 20.2 Å². The third-order valence-corrected chi connectivity index (χ3v) is 3.75. The lowest BCUT2D eigenvalue weighted by atomic mass is 10.0. The number of nitrogens with zero attached hydrogens (tertiary/aromatic N) is 1. The van der Waals surface area contributed by atoms with Crippen molar-refractivity contribution < 1.29 is 23.4 Å². The lowest BCUT2D eigenvalue weighted by molar-refractivity contribution is 0.00338. The van der Waals surface area contributed by atoms with Crippen LogP contribution in [0.25, 0.3) is 0 Å². The zero-order valence-electron chi connectivity index (χ0n) is 16.1. The zero-order chi connectivity index (χ0) is 19.4. The van der Waals surface area contributed by atoms with E-state index in [0.717, 1.165) is 0 Å². The number of ether oxygens (including phenoxy) is 3. The van der Waals surface area contributed by atoms with Crippen LogP contribution < -0.4 is 0 Å². The molecule has 1 rings (SSSR count). The van der Waals surface area contributed by atoms with Gasteiger partial charge in [0.15, 0.2) is 0 Å². The Morgan fingerprint density at radius 2 is 1.80 bits per heavy atom. The first-order valence-corrected chi connectivity index (χ1v) is 8.37. The molecule has 1 aliphatic heterocycles. The molecule has 0 N–H and O–H groups in total. The van der Waals surface area contributed by atoms with Crippen LogP contribution >= 0.6 is 0 Å². The number of carbonyl (C=O) groups is 1. The second-order valence-electron chi connectivity index (χ2n) is 7.45. The van der Waals surface area contributed by atoms with Crippen molar-refractivity contribution >= 4 is 6.09 Å². The number of carbonyl (C=O) groups excluding carboxylic acids is 1. The second-order valence-corrected chi connectivity index (χ2v) is 7.45. The van der Waals surface area contributed by atoms with Gasteiger partial charge in [0.1, 0.15) is 29.4 Å². The summed E-state index contributed by atoms with van der Waals surface area (Å²) in [6.45, 7) is 17.1. The number of rotatable bonds is 6. The standard InChI is InChI=1S/C19H30FNO4/c1-12(2)14(4)15(9-13(3)20)24-17-11-21(10-16(17)23-8)18(22)25-19(5,6)7/h9,12,16-17H,3-4,10-11H2,1-2,5-8H3/b15-9+. The van der Waals surface area contributed by atoms with Gasteiger partial charge >= 0.3 is 6.09 Å². The quantitative estimate of drug-likeness (QED) is 0.529. The molecular weight excluding hydrogens is 325 g/mol. The molecule has 0 aromatic rings. The van der Waals surface area contributed by atoms with Crippen molar-refractivity contribution in [1.29, 1.82) is 0 Å². The number of methoxy groups -OCH3 is 1. The summed E-state index contributed by atoms with van der Waals surface area (Å²) in [7, 11) is 1.55. The summed E-state index contributed by atoms with van der Waals surface area (Å²) in [5.41, 5.74) is 0.0750. The van der Waals surface area contributed by atoms with Gasteiger partial charge in [0, 0.05) is 13.2 Å². The largest absolute Gasteiger partial charge is 0.485 e. The Labute approximate surface area is 150 Å². The third-order valence-electron chi connectivity index (χ3n) is 3.75. The molecule has 1 saturated heterocycles. The van der Waals surface area contributed by atoms with E-state index in [1.54, 1.807) is 7.11 Å². The number of allylic oxidation sites excluding steroid dienone is 3. The van der Waals surface area contributed by atoms with E-state index in [0.29, 0.717) is 17.9 Å². The first kappa shape index (κ1) is 21.2. The number of hydrogen-bond acceptors (Lipinski definition) is 4. The molecule has 0 radical (unpaired) electrons. The van der Waals surface area contributed by atoms with Gasteiger partial charge in [-0.1, -0.05) is 27.0 Å². The van der Waals surface area contributed by atoms with Crippen molar-refractivity contribution in [2.45, 2.75) is 52.4 Å². The van der Waals surface area contributed by atoms with Crippen LogP contribution in [0.15, 0.2) is 36.4 Å². The predicted molar refractivity (Wildman–Crippen MR) is 95.8 cm³/mol. The minimum atomic E-state index is -0.618. The first-order valence-electron chi connectivity index (χ1n) is 8.37. The summed E-state index contributed by atoms with van der Waals surface area (Å²) in [6, 6.07) is 0. The van der Waals surface area contributed by atoms with Crippen LogP contribution in [0.1, 0.15) is 34.6 Å². The highest BCUT2D eigenvalue weighted by molar-refractivity contribution is 5.68. The molecular formula is C19H30FNO4. The minimum Gasteiger partial charge on any atom is -0.485 e. The van der Waals surface area contributed by atoms with Crippen molar-refractivity contribution in [1.82, 2.24) is 4.90 Å². The Hall–Kier alpha value is -1.82. The summed E-state index contributed by atoms with van der Waals surface area (Å²) in [6.07, 6.45) is -0.00305. The Balaban J connectivity index is 2.90. The van der Waals surface area contributed by atoms with Crippen LogP contribution in [-0.2, 0) is 14.2 Å². The van der Waals surface area contributed by atoms with Crippen LogP contribution in [-0.4, -0.2) is 49.0 Å². The number of hydrogen-bond donors (Lipinski definition) is 0. The normalized spacial score (nSPS) is 21.4. The first-order chi connectivity index (χ1) is 11.4. The smallest absolute Gasteiger partial charge is 0.410 e. The molecule has 6 heteroatoms. The Bertz CT molecular complexity index is 548. The summed E-state index contributed by atoms with van der Waals surface area (Å²) < 4.78 is 30.1. The van der Waals surface area contributed by atoms with E-state index in [-0.39, 0.29) is 18.6 Å². The highest BCUT2D eigenvalue weighted by Gasteiger charge is 2.39. The molecule has 0 aromatic carbocycles. The molecule has 2 atom stereocenters. The average molecular weight is 355 g/mol. The molecule has 5 nitrogen and oxygen atoms in total. The molecule has 142 valence electrons. The molecule has 0 spiro atoms. The second kappa shape index (κ2) is 8.52. The summed E-state index contributed by atoms with van der Waals surface area (Å²) >= 11 is 0. The van der Waals surface area contributed by atoms with E-state index in [1.165, 1.54) is 11.0 Å². The van der Waals surface area contributed by atoms with E-state index in [4.69, 9.17) is 14.2 Å². The van der Waals surface area contributed by atoms with E-state index < -0.39 is 23.6 Å². The Morgan fingerprint density at radius 3 is 2.24 bits per heavy atom. The fraction of sp³-hybridized carbons (Fsp3) is 0.632. The Kier molecular flexibility index (Phi) is 7.23. The van der Waals surface area contributed by atoms with Crippen LogP contribution in [0, 0.1) is 5.92 Å². The summed E-state index contributed by atoms with van der Waals surface area (Å²) in [5, 5.41) is 0. The van der Waals surface area contributed by atoms with Crippen molar-refractivity contribution in [2.24, 2.45) is 5.92 Å². The van der Waals surface area contributed by atoms with E-state index in [1.807, 2.05) is 34.6 Å². The topological polar surface area (TPSA) is 48.0 Å². The fourth-order valence-electron chi connectivity index (χ4n) is 2.35. The van der Waals surface area contributed by atoms with E-state index >= 15 is 0 Å². The molecule has 0 aliphatic carbocycles. The van der Waals surface area contributed by atoms with Crippen molar-refractivity contribution in [3.8, 4) is 0 Å². The number of amides is 1. The summed E-state index contributed by atoms with van der Waals surface area (Å²) in [4.78, 5) is 13.8. The van der Waals surface area contributed by atoms with Crippen molar-refractivity contribution in [3.63, 3.8) is 0 Å². The van der Waals surface area contributed by atoms with Crippen LogP contribution in [0.5, 0.6) is 0 Å². The molecule has 1 aliphatic rings. The average Bonchev–Trinajstić information content (AvgIpc) is 2.86. The van der Waals surface area contributed by atoms with Gasteiger partial charge < -0.3 is 19.1 Å². The molecule has 0 aromatic heterocycles. The van der Waals surface area contributed by atoms with E-state index in [9.17, 15) is 9.18 Å².